The number of sulfonamides is 1. The zero-order valence-corrected chi connectivity index (χ0v) is 19.5. The second-order valence-electron chi connectivity index (χ2n) is 7.88. The van der Waals surface area contributed by atoms with Gasteiger partial charge in [-0.25, -0.2) is 22.2 Å². The van der Waals surface area contributed by atoms with Crippen LogP contribution >= 0.6 is 11.5 Å². The molecule has 7 nitrogen and oxygen atoms in total. The van der Waals surface area contributed by atoms with Crippen molar-refractivity contribution in [3.63, 3.8) is 0 Å². The highest BCUT2D eigenvalue weighted by Crippen LogP contribution is 2.34. The van der Waals surface area contributed by atoms with Gasteiger partial charge in [-0.2, -0.15) is 17.5 Å². The molecule has 14 heteroatoms. The zero-order valence-electron chi connectivity index (χ0n) is 17.9. The van der Waals surface area contributed by atoms with Gasteiger partial charge in [0.15, 0.2) is 11.6 Å². The number of anilines is 1. The van der Waals surface area contributed by atoms with E-state index in [1.54, 1.807) is 30.3 Å². The van der Waals surface area contributed by atoms with E-state index in [-0.39, 0.29) is 24.6 Å². The SMILES string of the molecule is O=S(=O)(Nc1ncns1)c1cc(F)c(O[C@H]2CCN(CC(F)(F)F)C[C@@H]2c2ccccc2)cc1F. The molecule has 35 heavy (non-hydrogen) atoms. The molecule has 4 rings (SSSR count). The van der Waals surface area contributed by atoms with Gasteiger partial charge in [-0.1, -0.05) is 30.3 Å². The third-order valence-electron chi connectivity index (χ3n) is 5.40. The van der Waals surface area contributed by atoms with Crippen molar-refractivity contribution < 1.29 is 35.1 Å². The summed E-state index contributed by atoms with van der Waals surface area (Å²) >= 11 is 0.716. The first-order chi connectivity index (χ1) is 16.5. The van der Waals surface area contributed by atoms with Crippen molar-refractivity contribution in [2.24, 2.45) is 0 Å². The minimum absolute atomic E-state index is 0.00345. The number of nitrogens with one attached hydrogen (secondary N) is 1. The smallest absolute Gasteiger partial charge is 0.401 e. The molecule has 1 N–H and O–H groups in total. The molecule has 0 aliphatic carbocycles. The molecular weight excluding hydrogens is 515 g/mol. The third kappa shape index (κ3) is 6.24. The third-order valence-corrected chi connectivity index (χ3v) is 7.46. The Balaban J connectivity index is 1.57. The van der Waals surface area contributed by atoms with Gasteiger partial charge in [0.1, 0.15) is 23.1 Å². The van der Waals surface area contributed by atoms with Crippen molar-refractivity contribution in [1.29, 1.82) is 0 Å². The van der Waals surface area contributed by atoms with Gasteiger partial charge in [-0.3, -0.25) is 9.62 Å². The average molecular weight is 535 g/mol. The Kier molecular flexibility index (Phi) is 7.24. The number of benzene rings is 2. The number of piperidine rings is 1. The van der Waals surface area contributed by atoms with Gasteiger partial charge >= 0.3 is 6.18 Å². The summed E-state index contributed by atoms with van der Waals surface area (Å²) in [5.74, 6) is -3.48. The molecule has 1 aliphatic heterocycles. The first-order valence-corrected chi connectivity index (χ1v) is 12.6. The van der Waals surface area contributed by atoms with Crippen LogP contribution in [0.4, 0.5) is 27.1 Å². The minimum atomic E-state index is -4.49. The number of hydrogen-bond donors (Lipinski definition) is 1. The lowest BCUT2D eigenvalue weighted by Gasteiger charge is -2.39. The highest BCUT2D eigenvalue weighted by atomic mass is 32.2. The number of nitrogens with zero attached hydrogens (tertiary/aromatic N) is 3. The first-order valence-electron chi connectivity index (χ1n) is 10.3. The van der Waals surface area contributed by atoms with Crippen molar-refractivity contribution in [2.45, 2.75) is 29.5 Å². The van der Waals surface area contributed by atoms with E-state index < -0.39 is 57.0 Å². The van der Waals surface area contributed by atoms with Crippen molar-refractivity contribution in [3.8, 4) is 5.75 Å². The van der Waals surface area contributed by atoms with Gasteiger partial charge in [0, 0.05) is 42.7 Å². The highest BCUT2D eigenvalue weighted by molar-refractivity contribution is 7.93. The van der Waals surface area contributed by atoms with E-state index in [0.29, 0.717) is 29.2 Å². The monoisotopic (exact) mass is 534 g/mol. The molecule has 0 saturated carbocycles. The lowest BCUT2D eigenvalue weighted by atomic mass is 9.87. The Labute approximate surface area is 201 Å². The Morgan fingerprint density at radius 2 is 1.89 bits per heavy atom. The zero-order chi connectivity index (χ0) is 25.2. The van der Waals surface area contributed by atoms with Crippen LogP contribution in [0.5, 0.6) is 5.75 Å². The molecule has 1 saturated heterocycles. The minimum Gasteiger partial charge on any atom is -0.487 e. The van der Waals surface area contributed by atoms with Crippen LogP contribution in [0, 0.1) is 11.6 Å². The Bertz CT molecular complexity index is 1260. The van der Waals surface area contributed by atoms with Crippen LogP contribution < -0.4 is 9.46 Å². The van der Waals surface area contributed by atoms with E-state index in [0.717, 1.165) is 6.33 Å². The average Bonchev–Trinajstić information content (AvgIpc) is 3.28. The van der Waals surface area contributed by atoms with Gasteiger partial charge in [-0.05, 0) is 12.0 Å². The quantitative estimate of drug-likeness (QED) is 0.452. The molecule has 0 bridgehead atoms. The van der Waals surface area contributed by atoms with Gasteiger partial charge in [-0.15, -0.1) is 0 Å². The van der Waals surface area contributed by atoms with Crippen LogP contribution in [0.15, 0.2) is 53.7 Å². The molecule has 1 aliphatic rings. The number of rotatable bonds is 7. The fourth-order valence-corrected chi connectivity index (χ4v) is 5.65. The van der Waals surface area contributed by atoms with Gasteiger partial charge in [0.25, 0.3) is 10.0 Å². The number of likely N-dealkylation sites (tertiary alicyclic amines) is 1. The number of ether oxygens (including phenoxy) is 1. The van der Waals surface area contributed by atoms with Crippen LogP contribution in [-0.4, -0.2) is 54.6 Å². The fraction of sp³-hybridized carbons (Fsp3) is 0.333. The maximum Gasteiger partial charge on any atom is 0.401 e. The molecule has 2 aromatic carbocycles. The maximum absolute atomic E-state index is 14.9. The second-order valence-corrected chi connectivity index (χ2v) is 10.3. The summed E-state index contributed by atoms with van der Waals surface area (Å²) in [5, 5.41) is -0.124. The predicted molar refractivity (Wildman–Crippen MR) is 118 cm³/mol. The van der Waals surface area contributed by atoms with Crippen molar-refractivity contribution in [3.05, 3.63) is 66.0 Å². The van der Waals surface area contributed by atoms with E-state index in [1.165, 1.54) is 4.90 Å². The summed E-state index contributed by atoms with van der Waals surface area (Å²) in [6, 6.07) is 9.76. The first kappa shape index (κ1) is 25.3. The number of alkyl halides is 3. The fourth-order valence-electron chi connectivity index (χ4n) is 3.91. The molecule has 0 spiro atoms. The molecule has 1 fully saturated rings. The second kappa shape index (κ2) is 10.0. The Hall–Kier alpha value is -2.84. The molecule has 1 aromatic heterocycles. The lowest BCUT2D eigenvalue weighted by Crippen LogP contribution is -2.47. The van der Waals surface area contributed by atoms with Crippen molar-refractivity contribution >= 4 is 26.7 Å². The summed E-state index contributed by atoms with van der Waals surface area (Å²) in [6.07, 6.45) is -3.93. The maximum atomic E-state index is 14.9. The van der Waals surface area contributed by atoms with Gasteiger partial charge in [0.05, 0.1) is 6.54 Å². The topological polar surface area (TPSA) is 84.4 Å². The lowest BCUT2D eigenvalue weighted by molar-refractivity contribution is -0.150. The molecule has 0 radical (unpaired) electrons. The Morgan fingerprint density at radius 1 is 1.14 bits per heavy atom. The predicted octanol–water partition coefficient (Wildman–Crippen LogP) is 4.42. The molecule has 188 valence electrons. The standard InChI is InChI=1S/C21H19F5N4O3S2/c22-15-9-19(35(31,32)29-20-27-12-28-34-20)16(23)8-18(15)33-17-6-7-30(11-21(24,25)26)10-14(17)13-4-2-1-3-5-13/h1-5,8-9,12,14,17H,6-7,10-11H2,(H,27,28,29)/t14-,17+/m1/s1. The molecular formula is C21H19F5N4O3S2. The summed E-state index contributed by atoms with van der Waals surface area (Å²) in [5.41, 5.74) is 0.686. The largest absolute Gasteiger partial charge is 0.487 e. The van der Waals surface area contributed by atoms with Crippen LogP contribution in [0.25, 0.3) is 0 Å². The van der Waals surface area contributed by atoms with Crippen molar-refractivity contribution in [1.82, 2.24) is 14.3 Å². The molecule has 3 aromatic rings. The number of aromatic nitrogens is 2. The number of hydrogen-bond acceptors (Lipinski definition) is 7. The van der Waals surface area contributed by atoms with E-state index >= 15 is 0 Å². The Morgan fingerprint density at radius 3 is 2.54 bits per heavy atom. The summed E-state index contributed by atoms with van der Waals surface area (Å²) in [6.45, 7) is -1.06. The highest BCUT2D eigenvalue weighted by Gasteiger charge is 2.38. The van der Waals surface area contributed by atoms with E-state index in [9.17, 15) is 30.4 Å². The summed E-state index contributed by atoms with van der Waals surface area (Å²) < 4.78 is 105. The molecule has 0 unspecified atom stereocenters. The van der Waals surface area contributed by atoms with Gasteiger partial charge in [0.2, 0.25) is 5.13 Å². The van der Waals surface area contributed by atoms with Crippen LogP contribution in [0.2, 0.25) is 0 Å². The molecule has 2 atom stereocenters. The molecule has 0 amide bonds. The van der Waals surface area contributed by atoms with Crippen LogP contribution in [0.1, 0.15) is 17.9 Å². The summed E-state index contributed by atoms with van der Waals surface area (Å²) in [4.78, 5) is 3.93. The summed E-state index contributed by atoms with van der Waals surface area (Å²) in [7, 11) is -4.49. The van der Waals surface area contributed by atoms with E-state index in [1.807, 2.05) is 4.72 Å². The van der Waals surface area contributed by atoms with E-state index in [4.69, 9.17) is 4.74 Å². The number of halogens is 5. The normalized spacial score (nSPS) is 19.5. The van der Waals surface area contributed by atoms with Crippen molar-refractivity contribution in [2.75, 3.05) is 24.4 Å². The van der Waals surface area contributed by atoms with Crippen LogP contribution in [-0.2, 0) is 10.0 Å². The van der Waals surface area contributed by atoms with Crippen LogP contribution in [0.3, 0.4) is 0 Å². The molecule has 2 heterocycles. The van der Waals surface area contributed by atoms with E-state index in [2.05, 4.69) is 9.36 Å². The van der Waals surface area contributed by atoms with Gasteiger partial charge < -0.3 is 4.74 Å².